The minimum Gasteiger partial charge on any atom is -0.318 e. The SMILES string of the molecule is CC(C)c1ncc(Cl)c(C(=O)Nc2ccc3c(c2F)CCNC3)n1.Cl. The first kappa shape index (κ1) is 19.6. The van der Waals surface area contributed by atoms with Gasteiger partial charge in [-0.2, -0.15) is 0 Å². The Morgan fingerprint density at radius 3 is 2.88 bits per heavy atom. The van der Waals surface area contributed by atoms with Crippen molar-refractivity contribution in [1.29, 1.82) is 0 Å². The molecule has 1 amide bonds. The normalized spacial score (nSPS) is 13.2. The zero-order valence-electron chi connectivity index (χ0n) is 13.9. The second-order valence-electron chi connectivity index (χ2n) is 6.03. The van der Waals surface area contributed by atoms with Gasteiger partial charge in [0.05, 0.1) is 16.9 Å². The number of nitrogens with one attached hydrogen (secondary N) is 2. The fraction of sp³-hybridized carbons (Fsp3) is 0.353. The largest absolute Gasteiger partial charge is 0.318 e. The number of carbonyl (C=O) groups excluding carboxylic acids is 1. The molecule has 0 fully saturated rings. The van der Waals surface area contributed by atoms with Crippen LogP contribution in [0.4, 0.5) is 10.1 Å². The quantitative estimate of drug-likeness (QED) is 0.846. The minimum atomic E-state index is -0.544. The van der Waals surface area contributed by atoms with Crippen molar-refractivity contribution in [2.75, 3.05) is 11.9 Å². The van der Waals surface area contributed by atoms with Crippen molar-refractivity contribution >= 4 is 35.6 Å². The molecular weight excluding hydrogens is 366 g/mol. The Morgan fingerprint density at radius 1 is 1.40 bits per heavy atom. The minimum absolute atomic E-state index is 0. The highest BCUT2D eigenvalue weighted by molar-refractivity contribution is 6.33. The van der Waals surface area contributed by atoms with Gasteiger partial charge in [-0.1, -0.05) is 31.5 Å². The number of halogens is 3. The van der Waals surface area contributed by atoms with E-state index in [1.807, 2.05) is 19.9 Å². The van der Waals surface area contributed by atoms with E-state index in [1.165, 1.54) is 6.20 Å². The summed E-state index contributed by atoms with van der Waals surface area (Å²) in [5, 5.41) is 5.90. The number of aromatic nitrogens is 2. The maximum atomic E-state index is 14.6. The molecule has 0 unspecified atom stereocenters. The Morgan fingerprint density at radius 2 is 2.16 bits per heavy atom. The molecule has 0 atom stereocenters. The van der Waals surface area contributed by atoms with E-state index in [0.29, 0.717) is 24.4 Å². The molecule has 1 aliphatic heterocycles. The van der Waals surface area contributed by atoms with E-state index in [4.69, 9.17) is 11.6 Å². The lowest BCUT2D eigenvalue weighted by molar-refractivity contribution is 0.102. The van der Waals surface area contributed by atoms with E-state index in [1.54, 1.807) is 6.07 Å². The second-order valence-corrected chi connectivity index (χ2v) is 6.43. The van der Waals surface area contributed by atoms with E-state index in [0.717, 1.165) is 12.1 Å². The van der Waals surface area contributed by atoms with E-state index >= 15 is 0 Å². The number of hydrogen-bond donors (Lipinski definition) is 2. The lowest BCUT2D eigenvalue weighted by Gasteiger charge is -2.19. The summed E-state index contributed by atoms with van der Waals surface area (Å²) in [6, 6.07) is 3.39. The lowest BCUT2D eigenvalue weighted by atomic mass is 9.99. The van der Waals surface area contributed by atoms with E-state index < -0.39 is 11.7 Å². The maximum Gasteiger partial charge on any atom is 0.276 e. The van der Waals surface area contributed by atoms with Crippen LogP contribution in [0.3, 0.4) is 0 Å². The van der Waals surface area contributed by atoms with E-state index in [9.17, 15) is 9.18 Å². The van der Waals surface area contributed by atoms with Crippen LogP contribution in [0, 0.1) is 5.82 Å². The molecule has 134 valence electrons. The third-order valence-corrected chi connectivity index (χ3v) is 4.23. The lowest BCUT2D eigenvalue weighted by Crippen LogP contribution is -2.25. The maximum absolute atomic E-state index is 14.6. The van der Waals surface area contributed by atoms with Crippen LogP contribution in [-0.4, -0.2) is 22.4 Å². The highest BCUT2D eigenvalue weighted by Gasteiger charge is 2.20. The number of benzene rings is 1. The predicted molar refractivity (Wildman–Crippen MR) is 98.1 cm³/mol. The highest BCUT2D eigenvalue weighted by Crippen LogP contribution is 2.25. The zero-order chi connectivity index (χ0) is 17.3. The fourth-order valence-corrected chi connectivity index (χ4v) is 2.81. The number of rotatable bonds is 3. The Kier molecular flexibility index (Phi) is 6.32. The van der Waals surface area contributed by atoms with E-state index in [-0.39, 0.29) is 34.7 Å². The smallest absolute Gasteiger partial charge is 0.276 e. The molecule has 2 heterocycles. The molecule has 1 aliphatic rings. The third-order valence-electron chi connectivity index (χ3n) is 3.95. The number of amides is 1. The number of anilines is 1. The standard InChI is InChI=1S/C17H18ClFN4O.ClH/c1-9(2)16-21-8-12(18)15(23-16)17(24)22-13-4-3-10-7-20-6-5-11(10)14(13)19;/h3-4,8-9,20H,5-7H2,1-2H3,(H,22,24);1H. The summed E-state index contributed by atoms with van der Waals surface area (Å²) in [5.41, 5.74) is 1.75. The van der Waals surface area contributed by atoms with Crippen LogP contribution in [0.25, 0.3) is 0 Å². The molecule has 8 heteroatoms. The van der Waals surface area contributed by atoms with Gasteiger partial charge in [0.1, 0.15) is 11.6 Å². The van der Waals surface area contributed by atoms with Crippen molar-refractivity contribution in [2.45, 2.75) is 32.7 Å². The first-order valence-electron chi connectivity index (χ1n) is 7.82. The van der Waals surface area contributed by atoms with Crippen molar-refractivity contribution in [3.05, 3.63) is 51.8 Å². The van der Waals surface area contributed by atoms with Gasteiger partial charge >= 0.3 is 0 Å². The topological polar surface area (TPSA) is 66.9 Å². The molecule has 0 saturated carbocycles. The number of hydrogen-bond acceptors (Lipinski definition) is 4. The Labute approximate surface area is 156 Å². The van der Waals surface area contributed by atoms with Crippen LogP contribution in [0.1, 0.15) is 47.2 Å². The van der Waals surface area contributed by atoms with Gasteiger partial charge in [0.25, 0.3) is 5.91 Å². The van der Waals surface area contributed by atoms with Crippen molar-refractivity contribution < 1.29 is 9.18 Å². The predicted octanol–water partition coefficient (Wildman–Crippen LogP) is 3.71. The van der Waals surface area contributed by atoms with Gasteiger partial charge in [0, 0.05) is 12.5 Å². The molecule has 0 radical (unpaired) electrons. The summed E-state index contributed by atoms with van der Waals surface area (Å²) in [6.45, 7) is 5.19. The molecule has 0 spiro atoms. The Hall–Kier alpha value is -1.76. The first-order valence-corrected chi connectivity index (χ1v) is 8.20. The van der Waals surface area contributed by atoms with Crippen molar-refractivity contribution in [3.63, 3.8) is 0 Å². The summed E-state index contributed by atoms with van der Waals surface area (Å²) in [4.78, 5) is 20.8. The second kappa shape index (κ2) is 8.08. The molecule has 25 heavy (non-hydrogen) atoms. The third kappa shape index (κ3) is 4.08. The fourth-order valence-electron chi connectivity index (χ4n) is 2.63. The van der Waals surface area contributed by atoms with Gasteiger partial charge in [0.2, 0.25) is 0 Å². The average molecular weight is 385 g/mol. The summed E-state index contributed by atoms with van der Waals surface area (Å²) >= 11 is 6.03. The first-order chi connectivity index (χ1) is 11.5. The molecule has 2 N–H and O–H groups in total. The number of fused-ring (bicyclic) bond motifs is 1. The number of carbonyl (C=O) groups is 1. The summed E-state index contributed by atoms with van der Waals surface area (Å²) in [6.07, 6.45) is 1.99. The van der Waals surface area contributed by atoms with Gasteiger partial charge in [-0.15, -0.1) is 12.4 Å². The monoisotopic (exact) mass is 384 g/mol. The van der Waals surface area contributed by atoms with Crippen LogP contribution in [-0.2, 0) is 13.0 Å². The summed E-state index contributed by atoms with van der Waals surface area (Å²) in [7, 11) is 0. The van der Waals surface area contributed by atoms with Crippen molar-refractivity contribution in [2.24, 2.45) is 0 Å². The molecule has 3 rings (SSSR count). The van der Waals surface area contributed by atoms with Crippen molar-refractivity contribution in [1.82, 2.24) is 15.3 Å². The Balaban J connectivity index is 0.00000225. The molecule has 2 aromatic rings. The van der Waals surface area contributed by atoms with Crippen LogP contribution in [0.5, 0.6) is 0 Å². The number of nitrogens with zero attached hydrogens (tertiary/aromatic N) is 2. The molecular formula is C17H19Cl2FN4O. The molecule has 0 aliphatic carbocycles. The Bertz CT molecular complexity index is 798. The molecule has 0 bridgehead atoms. The summed E-state index contributed by atoms with van der Waals surface area (Å²) in [5.74, 6) is -0.364. The average Bonchev–Trinajstić information content (AvgIpc) is 2.57. The summed E-state index contributed by atoms with van der Waals surface area (Å²) < 4.78 is 14.6. The van der Waals surface area contributed by atoms with Gasteiger partial charge in [0.15, 0.2) is 5.69 Å². The van der Waals surface area contributed by atoms with Gasteiger partial charge in [-0.25, -0.2) is 14.4 Å². The van der Waals surface area contributed by atoms with Gasteiger partial charge in [-0.3, -0.25) is 4.79 Å². The van der Waals surface area contributed by atoms with Crippen LogP contribution in [0.15, 0.2) is 18.3 Å². The molecule has 1 aromatic carbocycles. The molecule has 5 nitrogen and oxygen atoms in total. The van der Waals surface area contributed by atoms with Crippen LogP contribution < -0.4 is 10.6 Å². The van der Waals surface area contributed by atoms with Crippen molar-refractivity contribution in [3.8, 4) is 0 Å². The molecule has 0 saturated heterocycles. The van der Waals surface area contributed by atoms with Gasteiger partial charge in [-0.05, 0) is 30.2 Å². The van der Waals surface area contributed by atoms with E-state index in [2.05, 4.69) is 20.6 Å². The molecule has 1 aromatic heterocycles. The zero-order valence-corrected chi connectivity index (χ0v) is 15.5. The van der Waals surface area contributed by atoms with Crippen LogP contribution >= 0.6 is 24.0 Å². The van der Waals surface area contributed by atoms with Crippen LogP contribution in [0.2, 0.25) is 5.02 Å². The highest BCUT2D eigenvalue weighted by atomic mass is 35.5. The van der Waals surface area contributed by atoms with Gasteiger partial charge < -0.3 is 10.6 Å².